The first-order chi connectivity index (χ1) is 9.10. The molecule has 19 heavy (non-hydrogen) atoms. The summed E-state index contributed by atoms with van der Waals surface area (Å²) < 4.78 is 0.820. The van der Waals surface area contributed by atoms with E-state index in [-0.39, 0.29) is 17.2 Å². The lowest BCUT2D eigenvalue weighted by atomic mass is 10.1. The second kappa shape index (κ2) is 6.34. The first kappa shape index (κ1) is 14.3. The van der Waals surface area contributed by atoms with Crippen molar-refractivity contribution in [2.75, 3.05) is 18.5 Å². The average molecular weight is 329 g/mol. The van der Waals surface area contributed by atoms with Crippen molar-refractivity contribution in [1.29, 1.82) is 0 Å². The van der Waals surface area contributed by atoms with E-state index in [0.717, 1.165) is 23.7 Å². The molecule has 0 radical (unpaired) electrons. The third kappa shape index (κ3) is 3.67. The number of nitro groups is 1. The van der Waals surface area contributed by atoms with Gasteiger partial charge in [0.1, 0.15) is 5.69 Å². The zero-order valence-electron chi connectivity index (χ0n) is 10.5. The second-order valence-electron chi connectivity index (χ2n) is 5.03. The number of rotatable bonds is 5. The van der Waals surface area contributed by atoms with E-state index in [4.69, 9.17) is 5.11 Å². The van der Waals surface area contributed by atoms with Gasteiger partial charge in [-0.1, -0.05) is 15.9 Å². The Labute approximate surface area is 120 Å². The van der Waals surface area contributed by atoms with Gasteiger partial charge >= 0.3 is 0 Å². The number of aliphatic hydroxyl groups is 1. The molecule has 2 rings (SSSR count). The topological polar surface area (TPSA) is 75.4 Å². The fraction of sp³-hybridized carbons (Fsp3) is 0.538. The summed E-state index contributed by atoms with van der Waals surface area (Å²) in [7, 11) is 0. The SMILES string of the molecule is O=[N+]([O-])c1ccc(Br)cc1NCC1CCC(CO)C1. The van der Waals surface area contributed by atoms with Crippen LogP contribution in [0.1, 0.15) is 19.3 Å². The molecule has 0 aliphatic heterocycles. The van der Waals surface area contributed by atoms with Gasteiger partial charge in [0.2, 0.25) is 0 Å². The predicted octanol–water partition coefficient (Wildman–Crippen LogP) is 3.18. The van der Waals surface area contributed by atoms with Gasteiger partial charge in [-0.3, -0.25) is 10.1 Å². The normalized spacial score (nSPS) is 22.4. The molecule has 104 valence electrons. The summed E-state index contributed by atoms with van der Waals surface area (Å²) in [6.07, 6.45) is 3.11. The summed E-state index contributed by atoms with van der Waals surface area (Å²) in [5.74, 6) is 0.875. The Morgan fingerprint density at radius 1 is 1.42 bits per heavy atom. The van der Waals surface area contributed by atoms with E-state index >= 15 is 0 Å². The highest BCUT2D eigenvalue weighted by Crippen LogP contribution is 2.32. The van der Waals surface area contributed by atoms with Crippen LogP contribution in [0.15, 0.2) is 22.7 Å². The summed E-state index contributed by atoms with van der Waals surface area (Å²) in [5.41, 5.74) is 0.645. The quantitative estimate of drug-likeness (QED) is 0.643. The Hall–Kier alpha value is -1.14. The maximum absolute atomic E-state index is 10.9. The highest BCUT2D eigenvalue weighted by molar-refractivity contribution is 9.10. The summed E-state index contributed by atoms with van der Waals surface area (Å²) in [6.45, 7) is 0.960. The maximum Gasteiger partial charge on any atom is 0.292 e. The minimum absolute atomic E-state index is 0.0971. The van der Waals surface area contributed by atoms with Gasteiger partial charge in [0.05, 0.1) is 4.92 Å². The Morgan fingerprint density at radius 2 is 2.16 bits per heavy atom. The highest BCUT2D eigenvalue weighted by Gasteiger charge is 2.24. The molecule has 1 aliphatic carbocycles. The smallest absolute Gasteiger partial charge is 0.292 e. The van der Waals surface area contributed by atoms with Gasteiger partial charge in [-0.15, -0.1) is 0 Å². The van der Waals surface area contributed by atoms with Crippen LogP contribution >= 0.6 is 15.9 Å². The lowest BCUT2D eigenvalue weighted by molar-refractivity contribution is -0.384. The lowest BCUT2D eigenvalue weighted by Crippen LogP contribution is -2.13. The van der Waals surface area contributed by atoms with Gasteiger partial charge in [-0.05, 0) is 43.2 Å². The number of hydrogen-bond donors (Lipinski definition) is 2. The maximum atomic E-state index is 10.9. The third-order valence-electron chi connectivity index (χ3n) is 3.64. The summed E-state index contributed by atoms with van der Waals surface area (Å²) >= 11 is 3.32. The Bertz CT molecular complexity index is 467. The largest absolute Gasteiger partial charge is 0.396 e. The molecule has 0 spiro atoms. The minimum Gasteiger partial charge on any atom is -0.396 e. The van der Waals surface area contributed by atoms with Crippen LogP contribution in [0.2, 0.25) is 0 Å². The molecule has 2 atom stereocenters. The molecule has 1 aromatic carbocycles. The fourth-order valence-electron chi connectivity index (χ4n) is 2.59. The molecular formula is C13H17BrN2O3. The molecular weight excluding hydrogens is 312 g/mol. The predicted molar refractivity (Wildman–Crippen MR) is 77.2 cm³/mol. The van der Waals surface area contributed by atoms with Crippen molar-refractivity contribution in [2.24, 2.45) is 11.8 Å². The zero-order chi connectivity index (χ0) is 13.8. The molecule has 2 N–H and O–H groups in total. The number of anilines is 1. The van der Waals surface area contributed by atoms with Crippen LogP contribution in [0.3, 0.4) is 0 Å². The van der Waals surface area contributed by atoms with Crippen molar-refractivity contribution < 1.29 is 10.0 Å². The van der Waals surface area contributed by atoms with E-state index in [1.807, 2.05) is 0 Å². The number of aliphatic hydroxyl groups excluding tert-OH is 1. The monoisotopic (exact) mass is 328 g/mol. The fourth-order valence-corrected chi connectivity index (χ4v) is 2.95. The Morgan fingerprint density at radius 3 is 2.79 bits per heavy atom. The molecule has 0 saturated heterocycles. The van der Waals surface area contributed by atoms with Crippen LogP contribution in [0, 0.1) is 22.0 Å². The number of benzene rings is 1. The van der Waals surface area contributed by atoms with Gasteiger partial charge in [-0.25, -0.2) is 0 Å². The molecule has 1 saturated carbocycles. The van der Waals surface area contributed by atoms with Crippen LogP contribution in [0.4, 0.5) is 11.4 Å². The standard InChI is InChI=1S/C13H17BrN2O3/c14-11-3-4-13(16(18)19)12(6-11)15-7-9-1-2-10(5-9)8-17/h3-4,6,9-10,15,17H,1-2,5,7-8H2. The summed E-state index contributed by atoms with van der Waals surface area (Å²) in [4.78, 5) is 10.6. The first-order valence-electron chi connectivity index (χ1n) is 6.39. The van der Waals surface area contributed by atoms with Gasteiger partial charge in [0, 0.05) is 23.7 Å². The van der Waals surface area contributed by atoms with E-state index < -0.39 is 0 Å². The van der Waals surface area contributed by atoms with Crippen LogP contribution in [0.25, 0.3) is 0 Å². The lowest BCUT2D eigenvalue weighted by Gasteiger charge is -2.13. The van der Waals surface area contributed by atoms with Crippen molar-refractivity contribution in [1.82, 2.24) is 0 Å². The molecule has 2 unspecified atom stereocenters. The molecule has 0 aromatic heterocycles. The molecule has 1 aliphatic rings. The molecule has 0 bridgehead atoms. The minimum atomic E-state index is -0.375. The summed E-state index contributed by atoms with van der Waals surface area (Å²) in [6, 6.07) is 4.90. The van der Waals surface area contributed by atoms with E-state index in [9.17, 15) is 10.1 Å². The van der Waals surface area contributed by atoms with E-state index in [0.29, 0.717) is 24.1 Å². The first-order valence-corrected chi connectivity index (χ1v) is 7.18. The third-order valence-corrected chi connectivity index (χ3v) is 4.14. The molecule has 0 amide bonds. The molecule has 0 heterocycles. The van der Waals surface area contributed by atoms with Crippen molar-refractivity contribution in [3.05, 3.63) is 32.8 Å². The van der Waals surface area contributed by atoms with E-state index in [2.05, 4.69) is 21.2 Å². The Balaban J connectivity index is 1.99. The van der Waals surface area contributed by atoms with Gasteiger partial charge in [-0.2, -0.15) is 0 Å². The van der Waals surface area contributed by atoms with E-state index in [1.54, 1.807) is 12.1 Å². The zero-order valence-corrected chi connectivity index (χ0v) is 12.1. The van der Waals surface area contributed by atoms with Crippen molar-refractivity contribution >= 4 is 27.3 Å². The second-order valence-corrected chi connectivity index (χ2v) is 5.94. The van der Waals surface area contributed by atoms with Gasteiger partial charge < -0.3 is 10.4 Å². The van der Waals surface area contributed by atoms with Crippen molar-refractivity contribution in [3.8, 4) is 0 Å². The van der Waals surface area contributed by atoms with Crippen molar-refractivity contribution in [3.63, 3.8) is 0 Å². The van der Waals surface area contributed by atoms with Crippen LogP contribution in [0.5, 0.6) is 0 Å². The summed E-state index contributed by atoms with van der Waals surface area (Å²) in [5, 5.41) is 23.2. The average Bonchev–Trinajstić information content (AvgIpc) is 2.84. The number of halogens is 1. The number of nitrogens with zero attached hydrogens (tertiary/aromatic N) is 1. The number of nitrogens with one attached hydrogen (secondary N) is 1. The van der Waals surface area contributed by atoms with Gasteiger partial charge in [0.15, 0.2) is 0 Å². The van der Waals surface area contributed by atoms with Crippen LogP contribution < -0.4 is 5.32 Å². The number of hydrogen-bond acceptors (Lipinski definition) is 4. The van der Waals surface area contributed by atoms with E-state index in [1.165, 1.54) is 6.07 Å². The van der Waals surface area contributed by atoms with Gasteiger partial charge in [0.25, 0.3) is 5.69 Å². The molecule has 6 heteroatoms. The van der Waals surface area contributed by atoms with Crippen molar-refractivity contribution in [2.45, 2.75) is 19.3 Å². The van der Waals surface area contributed by atoms with Crippen LogP contribution in [-0.4, -0.2) is 23.2 Å². The Kier molecular flexibility index (Phi) is 4.76. The van der Waals surface area contributed by atoms with Crippen LogP contribution in [-0.2, 0) is 0 Å². The highest BCUT2D eigenvalue weighted by atomic mass is 79.9. The molecule has 5 nitrogen and oxygen atoms in total. The molecule has 1 aromatic rings. The number of nitro benzene ring substituents is 1. The molecule has 1 fully saturated rings.